The smallest absolute Gasteiger partial charge is 0.220 e. The number of rotatable bonds is 6. The molecule has 0 radical (unpaired) electrons. The Morgan fingerprint density at radius 1 is 1.35 bits per heavy atom. The Balaban J connectivity index is 1.42. The third kappa shape index (κ3) is 4.12. The number of nitrogens with zero attached hydrogens (tertiary/aromatic N) is 3. The van der Waals surface area contributed by atoms with Gasteiger partial charge >= 0.3 is 0 Å². The lowest BCUT2D eigenvalue weighted by atomic mass is 10.1. The van der Waals surface area contributed by atoms with Gasteiger partial charge in [0, 0.05) is 18.7 Å². The molecule has 1 aromatic rings. The lowest BCUT2D eigenvalue weighted by molar-refractivity contribution is -0.122. The number of carbonyl (C=O) groups is 1. The van der Waals surface area contributed by atoms with Crippen LogP contribution in [0.15, 0.2) is 6.07 Å². The Hall–Kier alpha value is -1.40. The van der Waals surface area contributed by atoms with Crippen LogP contribution in [0.25, 0.3) is 0 Å². The van der Waals surface area contributed by atoms with Gasteiger partial charge in [-0.2, -0.15) is 5.10 Å². The maximum absolute atomic E-state index is 12.2. The van der Waals surface area contributed by atoms with Crippen LogP contribution in [0, 0.1) is 13.8 Å². The minimum absolute atomic E-state index is 0.131. The molecule has 0 bridgehead atoms. The molecular weight excluding hydrogens is 292 g/mol. The highest BCUT2D eigenvalue weighted by molar-refractivity contribution is 5.76. The summed E-state index contributed by atoms with van der Waals surface area (Å²) in [6.07, 6.45) is 3.89. The van der Waals surface area contributed by atoms with E-state index in [1.165, 1.54) is 12.8 Å². The quantitative estimate of drug-likeness (QED) is 0.857. The minimum atomic E-state index is 0.131. The number of aryl methyl sites for hydroxylation is 3. The zero-order valence-electron chi connectivity index (χ0n) is 14.3. The van der Waals surface area contributed by atoms with Crippen LogP contribution in [0.1, 0.15) is 37.1 Å². The normalized spacial score (nSPS) is 25.1. The van der Waals surface area contributed by atoms with Gasteiger partial charge in [0.05, 0.1) is 31.0 Å². The molecule has 2 atom stereocenters. The van der Waals surface area contributed by atoms with E-state index in [4.69, 9.17) is 4.74 Å². The van der Waals surface area contributed by atoms with Gasteiger partial charge in [-0.25, -0.2) is 0 Å². The van der Waals surface area contributed by atoms with Crippen molar-refractivity contribution in [3.05, 3.63) is 17.5 Å². The number of carbonyl (C=O) groups excluding carboxylic acids is 1. The summed E-state index contributed by atoms with van der Waals surface area (Å²) in [4.78, 5) is 14.7. The predicted molar refractivity (Wildman–Crippen MR) is 88.3 cm³/mol. The molecular formula is C17H28N4O2. The second-order valence-corrected chi connectivity index (χ2v) is 6.78. The lowest BCUT2D eigenvalue weighted by Gasteiger charge is -2.27. The molecule has 0 unspecified atom stereocenters. The molecule has 2 fully saturated rings. The van der Waals surface area contributed by atoms with Crippen molar-refractivity contribution in [2.75, 3.05) is 26.3 Å². The molecule has 1 N–H and O–H groups in total. The van der Waals surface area contributed by atoms with Crippen molar-refractivity contribution in [3.63, 3.8) is 0 Å². The number of ether oxygens (including phenoxy) is 1. The number of amides is 1. The van der Waals surface area contributed by atoms with E-state index in [0.717, 1.165) is 44.0 Å². The minimum Gasteiger partial charge on any atom is -0.378 e. The van der Waals surface area contributed by atoms with Gasteiger partial charge in [-0.3, -0.25) is 14.4 Å². The molecule has 0 aromatic carbocycles. The largest absolute Gasteiger partial charge is 0.378 e. The van der Waals surface area contributed by atoms with E-state index in [0.29, 0.717) is 19.1 Å². The molecule has 23 heavy (non-hydrogen) atoms. The van der Waals surface area contributed by atoms with Gasteiger partial charge < -0.3 is 10.1 Å². The third-order valence-corrected chi connectivity index (χ3v) is 4.88. The molecule has 0 saturated carbocycles. The molecule has 6 heteroatoms. The maximum atomic E-state index is 12.2. The van der Waals surface area contributed by atoms with Crippen LogP contribution >= 0.6 is 0 Å². The van der Waals surface area contributed by atoms with Crippen molar-refractivity contribution in [3.8, 4) is 0 Å². The highest BCUT2D eigenvalue weighted by atomic mass is 16.5. The first-order valence-corrected chi connectivity index (χ1v) is 8.75. The molecule has 3 rings (SSSR count). The number of aromatic nitrogens is 2. The molecule has 6 nitrogen and oxygen atoms in total. The first kappa shape index (κ1) is 16.5. The van der Waals surface area contributed by atoms with Crippen LogP contribution in [0.4, 0.5) is 0 Å². The van der Waals surface area contributed by atoms with Crippen molar-refractivity contribution < 1.29 is 9.53 Å². The fourth-order valence-electron chi connectivity index (χ4n) is 3.68. The summed E-state index contributed by atoms with van der Waals surface area (Å²) in [7, 11) is 0. The fraction of sp³-hybridized carbons (Fsp3) is 0.765. The number of likely N-dealkylation sites (tertiary alicyclic amines) is 1. The van der Waals surface area contributed by atoms with Gasteiger partial charge in [-0.1, -0.05) is 0 Å². The first-order valence-electron chi connectivity index (χ1n) is 8.75. The molecule has 2 saturated heterocycles. The average Bonchev–Trinajstić information content (AvgIpc) is 3.21. The molecule has 2 aliphatic heterocycles. The fourth-order valence-corrected chi connectivity index (χ4v) is 3.68. The average molecular weight is 320 g/mol. The molecule has 2 aliphatic rings. The van der Waals surface area contributed by atoms with Crippen LogP contribution in [0.3, 0.4) is 0 Å². The van der Waals surface area contributed by atoms with E-state index in [1.54, 1.807) is 0 Å². The molecule has 1 amide bonds. The summed E-state index contributed by atoms with van der Waals surface area (Å²) < 4.78 is 7.59. The summed E-state index contributed by atoms with van der Waals surface area (Å²) in [6.45, 7) is 8.51. The van der Waals surface area contributed by atoms with Crippen molar-refractivity contribution >= 4 is 5.91 Å². The summed E-state index contributed by atoms with van der Waals surface area (Å²) in [5, 5.41) is 7.61. The van der Waals surface area contributed by atoms with Crippen molar-refractivity contribution in [1.82, 2.24) is 20.0 Å². The highest BCUT2D eigenvalue weighted by Gasteiger charge is 2.35. The van der Waals surface area contributed by atoms with Crippen molar-refractivity contribution in [2.45, 2.75) is 58.2 Å². The first-order chi connectivity index (χ1) is 11.1. The van der Waals surface area contributed by atoms with Crippen LogP contribution < -0.4 is 5.32 Å². The maximum Gasteiger partial charge on any atom is 0.220 e. The van der Waals surface area contributed by atoms with Crippen LogP contribution in [0.2, 0.25) is 0 Å². The standard InChI is InChI=1S/C17H28N4O2/c1-13-10-14(2)21(19-13)9-5-6-17(22)18-15-11-23-12-16(15)20-7-3-4-8-20/h10,15-16H,3-9,11-12H2,1-2H3,(H,18,22)/t15-,16-/m0/s1. The summed E-state index contributed by atoms with van der Waals surface area (Å²) in [6, 6.07) is 2.57. The van der Waals surface area contributed by atoms with Gasteiger partial charge in [0.25, 0.3) is 0 Å². The Bertz CT molecular complexity index is 537. The Kier molecular flexibility index (Phi) is 5.33. The second-order valence-electron chi connectivity index (χ2n) is 6.78. The van der Waals surface area contributed by atoms with Crippen LogP contribution in [-0.4, -0.2) is 59.0 Å². The van der Waals surface area contributed by atoms with Crippen LogP contribution in [0.5, 0.6) is 0 Å². The van der Waals surface area contributed by atoms with Gasteiger partial charge in [0.1, 0.15) is 0 Å². The number of nitrogens with one attached hydrogen (secondary N) is 1. The summed E-state index contributed by atoms with van der Waals surface area (Å²) in [5.74, 6) is 0.131. The van der Waals surface area contributed by atoms with E-state index in [1.807, 2.05) is 11.6 Å². The lowest BCUT2D eigenvalue weighted by Crippen LogP contribution is -2.50. The van der Waals surface area contributed by atoms with E-state index in [9.17, 15) is 4.79 Å². The monoisotopic (exact) mass is 320 g/mol. The second kappa shape index (κ2) is 7.45. The number of hydrogen-bond acceptors (Lipinski definition) is 4. The Labute approximate surface area is 138 Å². The highest BCUT2D eigenvalue weighted by Crippen LogP contribution is 2.19. The summed E-state index contributed by atoms with van der Waals surface area (Å²) in [5.41, 5.74) is 2.18. The van der Waals surface area contributed by atoms with E-state index < -0.39 is 0 Å². The zero-order valence-corrected chi connectivity index (χ0v) is 14.3. The van der Waals surface area contributed by atoms with Crippen molar-refractivity contribution in [2.24, 2.45) is 0 Å². The van der Waals surface area contributed by atoms with Crippen LogP contribution in [-0.2, 0) is 16.1 Å². The SMILES string of the molecule is Cc1cc(C)n(CCCC(=O)N[C@H]2COC[C@@H]2N2CCCC2)n1. The van der Waals surface area contributed by atoms with Crippen molar-refractivity contribution in [1.29, 1.82) is 0 Å². The summed E-state index contributed by atoms with van der Waals surface area (Å²) >= 11 is 0. The van der Waals surface area contributed by atoms with E-state index in [-0.39, 0.29) is 11.9 Å². The van der Waals surface area contributed by atoms with E-state index >= 15 is 0 Å². The third-order valence-electron chi connectivity index (χ3n) is 4.88. The van der Waals surface area contributed by atoms with E-state index in [2.05, 4.69) is 28.3 Å². The van der Waals surface area contributed by atoms with Gasteiger partial charge in [0.2, 0.25) is 5.91 Å². The van der Waals surface area contributed by atoms with Gasteiger partial charge in [-0.05, 0) is 52.3 Å². The molecule has 3 heterocycles. The molecule has 128 valence electrons. The molecule has 0 spiro atoms. The Morgan fingerprint density at radius 2 is 2.13 bits per heavy atom. The zero-order chi connectivity index (χ0) is 16.2. The van der Waals surface area contributed by atoms with Gasteiger partial charge in [0.15, 0.2) is 0 Å². The molecule has 0 aliphatic carbocycles. The Morgan fingerprint density at radius 3 is 2.83 bits per heavy atom. The number of hydrogen-bond donors (Lipinski definition) is 1. The predicted octanol–water partition coefficient (Wildman–Crippen LogP) is 1.26. The topological polar surface area (TPSA) is 59.4 Å². The molecule has 1 aromatic heterocycles. The van der Waals surface area contributed by atoms with Gasteiger partial charge in [-0.15, -0.1) is 0 Å².